The van der Waals surface area contributed by atoms with Crippen molar-refractivity contribution in [2.24, 2.45) is 5.41 Å². The Morgan fingerprint density at radius 3 is 2.22 bits per heavy atom. The smallest absolute Gasteiger partial charge is 0.407 e. The molecule has 1 atom stereocenters. The quantitative estimate of drug-likeness (QED) is 0.815. The van der Waals surface area contributed by atoms with Crippen LogP contribution < -0.4 is 5.32 Å². The second kappa shape index (κ2) is 4.37. The van der Waals surface area contributed by atoms with Crippen molar-refractivity contribution in [3.63, 3.8) is 0 Å². The maximum Gasteiger partial charge on any atom is 0.407 e. The topological polar surface area (TPSA) is 75.6 Å². The van der Waals surface area contributed by atoms with Gasteiger partial charge in [0.05, 0.1) is 0 Å². The first kappa shape index (κ1) is 14.7. The van der Waals surface area contributed by atoms with E-state index in [4.69, 9.17) is 9.84 Å². The molecule has 0 spiro atoms. The Morgan fingerprint density at radius 1 is 1.39 bits per heavy atom. The molecule has 1 saturated carbocycles. The molecule has 1 rings (SSSR count). The molecule has 1 fully saturated rings. The Bertz CT molecular complexity index is 365. The second-order valence-electron chi connectivity index (χ2n) is 5.45. The minimum absolute atomic E-state index is 0.156. The lowest BCUT2D eigenvalue weighted by Gasteiger charge is -2.20. The normalized spacial score (nSPS) is 25.4. The molecule has 1 amide bonds. The summed E-state index contributed by atoms with van der Waals surface area (Å²) < 4.78 is 30.8. The standard InChI is InChI=1S/C11H17F2NO4/c1-9(2,3)18-8(17)14-5-4-10(7(15)16)6-11(10,12)13/h4-6H2,1-3H3,(H,14,17)(H,15,16). The van der Waals surface area contributed by atoms with E-state index in [0.717, 1.165) is 0 Å². The van der Waals surface area contributed by atoms with E-state index in [0.29, 0.717) is 0 Å². The summed E-state index contributed by atoms with van der Waals surface area (Å²) in [6.07, 6.45) is -1.73. The highest BCUT2D eigenvalue weighted by Crippen LogP contribution is 2.62. The van der Waals surface area contributed by atoms with Crippen molar-refractivity contribution in [3.8, 4) is 0 Å². The van der Waals surface area contributed by atoms with E-state index in [9.17, 15) is 18.4 Å². The molecule has 0 aromatic carbocycles. The van der Waals surface area contributed by atoms with Crippen LogP contribution in [0.5, 0.6) is 0 Å². The van der Waals surface area contributed by atoms with Crippen LogP contribution in [0.1, 0.15) is 33.6 Å². The highest BCUT2D eigenvalue weighted by Gasteiger charge is 2.75. The lowest BCUT2D eigenvalue weighted by atomic mass is 10.0. The van der Waals surface area contributed by atoms with Crippen LogP contribution in [0.25, 0.3) is 0 Å². The van der Waals surface area contributed by atoms with Crippen LogP contribution in [-0.4, -0.2) is 35.2 Å². The third-order valence-electron chi connectivity index (χ3n) is 2.73. The molecule has 1 aliphatic carbocycles. The number of hydrogen-bond donors (Lipinski definition) is 2. The van der Waals surface area contributed by atoms with Gasteiger partial charge in [0.15, 0.2) is 0 Å². The van der Waals surface area contributed by atoms with E-state index in [1.165, 1.54) is 0 Å². The molecule has 0 bridgehead atoms. The average molecular weight is 265 g/mol. The number of hydrogen-bond acceptors (Lipinski definition) is 3. The largest absolute Gasteiger partial charge is 0.481 e. The number of carboxylic acid groups (broad SMARTS) is 1. The van der Waals surface area contributed by atoms with Crippen molar-refractivity contribution in [3.05, 3.63) is 0 Å². The molecule has 2 N–H and O–H groups in total. The van der Waals surface area contributed by atoms with Crippen molar-refractivity contribution in [2.75, 3.05) is 6.54 Å². The van der Waals surface area contributed by atoms with Gasteiger partial charge in [-0.05, 0) is 27.2 Å². The first-order valence-corrected chi connectivity index (χ1v) is 5.58. The molecule has 0 aromatic heterocycles. The molecule has 0 heterocycles. The number of carbonyl (C=O) groups is 2. The van der Waals surface area contributed by atoms with Gasteiger partial charge in [0.1, 0.15) is 11.0 Å². The van der Waals surface area contributed by atoms with Crippen LogP contribution in [0.3, 0.4) is 0 Å². The van der Waals surface area contributed by atoms with Crippen LogP contribution in [0.15, 0.2) is 0 Å². The van der Waals surface area contributed by atoms with E-state index < -0.39 is 35.4 Å². The van der Waals surface area contributed by atoms with Gasteiger partial charge in [0.2, 0.25) is 0 Å². The van der Waals surface area contributed by atoms with E-state index >= 15 is 0 Å². The maximum absolute atomic E-state index is 13.0. The molecule has 7 heteroatoms. The number of rotatable bonds is 4. The first-order valence-electron chi connectivity index (χ1n) is 5.58. The summed E-state index contributed by atoms with van der Waals surface area (Å²) in [7, 11) is 0. The molecule has 0 saturated heterocycles. The number of aliphatic carboxylic acids is 1. The summed E-state index contributed by atoms with van der Waals surface area (Å²) in [5.41, 5.74) is -2.71. The zero-order valence-electron chi connectivity index (χ0n) is 10.5. The van der Waals surface area contributed by atoms with Gasteiger partial charge in [-0.25, -0.2) is 13.6 Å². The van der Waals surface area contributed by atoms with Crippen LogP contribution in [-0.2, 0) is 9.53 Å². The van der Waals surface area contributed by atoms with Crippen molar-refractivity contribution in [1.29, 1.82) is 0 Å². The van der Waals surface area contributed by atoms with Crippen molar-refractivity contribution >= 4 is 12.1 Å². The van der Waals surface area contributed by atoms with Crippen LogP contribution >= 0.6 is 0 Å². The van der Waals surface area contributed by atoms with Crippen LogP contribution in [0, 0.1) is 5.41 Å². The SMILES string of the molecule is CC(C)(C)OC(=O)NCCC1(C(=O)O)CC1(F)F. The minimum atomic E-state index is -3.19. The van der Waals surface area contributed by atoms with Gasteiger partial charge in [0, 0.05) is 13.0 Å². The number of alkyl carbamates (subject to hydrolysis) is 1. The number of amides is 1. The van der Waals surface area contributed by atoms with Gasteiger partial charge in [-0.3, -0.25) is 4.79 Å². The predicted octanol–water partition coefficient (Wildman–Crippen LogP) is 2.01. The molecule has 1 unspecified atom stereocenters. The van der Waals surface area contributed by atoms with Gasteiger partial charge in [-0.15, -0.1) is 0 Å². The molecule has 0 aromatic rings. The molecule has 5 nitrogen and oxygen atoms in total. The monoisotopic (exact) mass is 265 g/mol. The number of halogens is 2. The number of ether oxygens (including phenoxy) is 1. The molecule has 1 aliphatic rings. The third-order valence-corrected chi connectivity index (χ3v) is 2.73. The molecule has 0 radical (unpaired) electrons. The molecule has 0 aliphatic heterocycles. The zero-order valence-corrected chi connectivity index (χ0v) is 10.5. The number of carbonyl (C=O) groups excluding carboxylic acids is 1. The Balaban J connectivity index is 2.39. The Morgan fingerprint density at radius 2 is 1.89 bits per heavy atom. The highest BCUT2D eigenvalue weighted by molar-refractivity contribution is 5.80. The molecular formula is C11H17F2NO4. The summed E-state index contributed by atoms with van der Waals surface area (Å²) >= 11 is 0. The fourth-order valence-corrected chi connectivity index (χ4v) is 1.64. The molecule has 18 heavy (non-hydrogen) atoms. The summed E-state index contributed by atoms with van der Waals surface area (Å²) in [5.74, 6) is -4.72. The van der Waals surface area contributed by atoms with Gasteiger partial charge < -0.3 is 15.2 Å². The van der Waals surface area contributed by atoms with E-state index in [1.807, 2.05) is 0 Å². The van der Waals surface area contributed by atoms with Crippen molar-refractivity contribution < 1.29 is 28.2 Å². The van der Waals surface area contributed by atoms with E-state index in [2.05, 4.69) is 5.32 Å². The van der Waals surface area contributed by atoms with Gasteiger partial charge in [-0.1, -0.05) is 0 Å². The Kier molecular flexibility index (Phi) is 3.56. The summed E-state index contributed by atoms with van der Waals surface area (Å²) in [6.45, 7) is 4.85. The lowest BCUT2D eigenvalue weighted by molar-refractivity contribution is -0.147. The number of carboxylic acids is 1. The summed E-state index contributed by atoms with van der Waals surface area (Å²) in [5, 5.41) is 11.0. The number of nitrogens with one attached hydrogen (secondary N) is 1. The average Bonchev–Trinajstić information content (AvgIpc) is 2.66. The summed E-state index contributed by atoms with van der Waals surface area (Å²) in [6, 6.07) is 0. The van der Waals surface area contributed by atoms with Gasteiger partial charge in [0.25, 0.3) is 5.92 Å². The van der Waals surface area contributed by atoms with E-state index in [-0.39, 0.29) is 13.0 Å². The van der Waals surface area contributed by atoms with Gasteiger partial charge >= 0.3 is 12.1 Å². The highest BCUT2D eigenvalue weighted by atomic mass is 19.3. The lowest BCUT2D eigenvalue weighted by Crippen LogP contribution is -2.35. The zero-order chi connectivity index (χ0) is 14.2. The molecule has 104 valence electrons. The van der Waals surface area contributed by atoms with Crippen molar-refractivity contribution in [2.45, 2.75) is 45.1 Å². The first-order chi connectivity index (χ1) is 8.00. The Hall–Kier alpha value is -1.40. The summed E-state index contributed by atoms with van der Waals surface area (Å²) in [4.78, 5) is 22.0. The fraction of sp³-hybridized carbons (Fsp3) is 0.818. The van der Waals surface area contributed by atoms with Crippen LogP contribution in [0.4, 0.5) is 13.6 Å². The Labute approximate surface area is 103 Å². The third kappa shape index (κ3) is 3.08. The van der Waals surface area contributed by atoms with E-state index in [1.54, 1.807) is 20.8 Å². The number of alkyl halides is 2. The molecular weight excluding hydrogens is 248 g/mol. The van der Waals surface area contributed by atoms with Crippen molar-refractivity contribution in [1.82, 2.24) is 5.32 Å². The maximum atomic E-state index is 13.0. The fourth-order valence-electron chi connectivity index (χ4n) is 1.64. The van der Waals surface area contributed by atoms with Gasteiger partial charge in [-0.2, -0.15) is 0 Å². The minimum Gasteiger partial charge on any atom is -0.481 e. The van der Waals surface area contributed by atoms with Crippen LogP contribution in [0.2, 0.25) is 0 Å². The predicted molar refractivity (Wildman–Crippen MR) is 58.5 cm³/mol. The second-order valence-corrected chi connectivity index (χ2v) is 5.45.